The molecular weight excluding hydrogens is 268 g/mol. The van der Waals surface area contributed by atoms with Crippen LogP contribution in [-0.2, 0) is 0 Å². The van der Waals surface area contributed by atoms with Crippen LogP contribution in [0.2, 0.25) is 0 Å². The van der Waals surface area contributed by atoms with E-state index in [9.17, 15) is 4.79 Å². The molecule has 1 aliphatic rings. The molecule has 0 atom stereocenters. The van der Waals surface area contributed by atoms with Crippen molar-refractivity contribution >= 4 is 43.7 Å². The Kier molecular flexibility index (Phi) is 2.35. The van der Waals surface area contributed by atoms with Gasteiger partial charge in [0.05, 0.1) is 16.9 Å². The Bertz CT molecular complexity index is 837. The first-order valence-corrected chi connectivity index (χ1v) is 7.23. The smallest absolute Gasteiger partial charge is 0.259 e. The second-order valence-corrected chi connectivity index (χ2v) is 5.84. The normalized spacial score (nSPS) is 13.7. The summed E-state index contributed by atoms with van der Waals surface area (Å²) in [5.74, 6) is -0.0331. The fourth-order valence-corrected chi connectivity index (χ4v) is 3.83. The van der Waals surface area contributed by atoms with Gasteiger partial charge in [0.15, 0.2) is 0 Å². The third kappa shape index (κ3) is 1.48. The van der Waals surface area contributed by atoms with E-state index < -0.39 is 0 Å². The van der Waals surface area contributed by atoms with Crippen LogP contribution in [-0.4, -0.2) is 13.0 Å². The van der Waals surface area contributed by atoms with Gasteiger partial charge in [-0.3, -0.25) is 4.79 Å². The second-order valence-electron chi connectivity index (χ2n) is 4.81. The summed E-state index contributed by atoms with van der Waals surface area (Å²) in [6, 6.07) is 15.9. The zero-order chi connectivity index (χ0) is 13.7. The maximum Gasteiger partial charge on any atom is 0.259 e. The fourth-order valence-electron chi connectivity index (χ4n) is 2.65. The molecule has 2 heterocycles. The van der Waals surface area contributed by atoms with Crippen molar-refractivity contribution in [2.75, 3.05) is 17.3 Å². The van der Waals surface area contributed by atoms with Gasteiger partial charge in [0.2, 0.25) is 0 Å². The Labute approximate surface area is 120 Å². The first-order valence-electron chi connectivity index (χ1n) is 6.41. The molecule has 1 aromatic heterocycles. The molecule has 0 fully saturated rings. The molecule has 98 valence electrons. The van der Waals surface area contributed by atoms with Gasteiger partial charge in [-0.15, -0.1) is 11.3 Å². The van der Waals surface area contributed by atoms with Gasteiger partial charge in [-0.05, 0) is 18.2 Å². The number of hydrogen-bond donors (Lipinski definition) is 1. The number of thiophene rings is 1. The fraction of sp³-hybridized carbons (Fsp3) is 0.0625. The highest BCUT2D eigenvalue weighted by molar-refractivity contribution is 7.23. The van der Waals surface area contributed by atoms with Crippen molar-refractivity contribution in [2.24, 2.45) is 0 Å². The second kappa shape index (κ2) is 4.08. The van der Waals surface area contributed by atoms with Gasteiger partial charge >= 0.3 is 0 Å². The lowest BCUT2D eigenvalue weighted by Crippen LogP contribution is -2.10. The summed E-state index contributed by atoms with van der Waals surface area (Å²) < 4.78 is 1.14. The number of carbonyl (C=O) groups excluding carboxylic acids is 1. The number of para-hydroxylation sites is 2. The molecule has 3 nitrogen and oxygen atoms in total. The molecule has 0 unspecified atom stereocenters. The molecule has 4 rings (SSSR count). The standard InChI is InChI=1S/C16H12N2OS/c1-18-12-8-4-3-7-11(12)17-15(19)14-10-6-2-5-9-13(10)20-16(14)18/h2-9H,1H3,(H,17,19). The zero-order valence-electron chi connectivity index (χ0n) is 10.9. The number of rotatable bonds is 0. The largest absolute Gasteiger partial charge is 0.334 e. The predicted molar refractivity (Wildman–Crippen MR) is 84.3 cm³/mol. The summed E-state index contributed by atoms with van der Waals surface area (Å²) in [6.45, 7) is 0. The zero-order valence-corrected chi connectivity index (χ0v) is 11.7. The Morgan fingerprint density at radius 2 is 1.80 bits per heavy atom. The Balaban J connectivity index is 2.05. The number of nitrogens with one attached hydrogen (secondary N) is 1. The van der Waals surface area contributed by atoms with Gasteiger partial charge in [-0.1, -0.05) is 30.3 Å². The van der Waals surface area contributed by atoms with Crippen LogP contribution in [0.25, 0.3) is 10.1 Å². The van der Waals surface area contributed by atoms with Crippen LogP contribution in [0.1, 0.15) is 10.4 Å². The van der Waals surface area contributed by atoms with Crippen molar-refractivity contribution in [3.63, 3.8) is 0 Å². The number of amides is 1. The summed E-state index contributed by atoms with van der Waals surface area (Å²) in [4.78, 5) is 14.6. The van der Waals surface area contributed by atoms with Gasteiger partial charge in [0, 0.05) is 17.1 Å². The van der Waals surface area contributed by atoms with Crippen molar-refractivity contribution in [3.05, 3.63) is 54.1 Å². The van der Waals surface area contributed by atoms with Crippen molar-refractivity contribution in [2.45, 2.75) is 0 Å². The van der Waals surface area contributed by atoms with Crippen LogP contribution in [0.4, 0.5) is 16.4 Å². The highest BCUT2D eigenvalue weighted by Crippen LogP contribution is 2.44. The van der Waals surface area contributed by atoms with Gasteiger partial charge in [0.25, 0.3) is 5.91 Å². The Morgan fingerprint density at radius 3 is 2.70 bits per heavy atom. The molecule has 0 radical (unpaired) electrons. The summed E-state index contributed by atoms with van der Waals surface area (Å²) in [5.41, 5.74) is 2.64. The van der Waals surface area contributed by atoms with E-state index in [1.165, 1.54) is 0 Å². The molecule has 0 bridgehead atoms. The minimum absolute atomic E-state index is 0.0331. The lowest BCUT2D eigenvalue weighted by atomic mass is 10.1. The van der Waals surface area contributed by atoms with Gasteiger partial charge < -0.3 is 10.2 Å². The molecule has 0 spiro atoms. The van der Waals surface area contributed by atoms with E-state index in [0.29, 0.717) is 0 Å². The molecule has 20 heavy (non-hydrogen) atoms. The summed E-state index contributed by atoms with van der Waals surface area (Å²) >= 11 is 1.65. The number of benzene rings is 2. The molecule has 2 aromatic carbocycles. The summed E-state index contributed by atoms with van der Waals surface area (Å²) in [6.07, 6.45) is 0. The van der Waals surface area contributed by atoms with Crippen LogP contribution >= 0.6 is 11.3 Å². The minimum Gasteiger partial charge on any atom is -0.334 e. The van der Waals surface area contributed by atoms with E-state index in [1.54, 1.807) is 11.3 Å². The minimum atomic E-state index is -0.0331. The predicted octanol–water partition coefficient (Wildman–Crippen LogP) is 4.23. The van der Waals surface area contributed by atoms with Gasteiger partial charge in [0.1, 0.15) is 5.00 Å². The topological polar surface area (TPSA) is 32.3 Å². The monoisotopic (exact) mass is 280 g/mol. The third-order valence-corrected chi connectivity index (χ3v) is 4.87. The highest BCUT2D eigenvalue weighted by Gasteiger charge is 2.26. The number of fused-ring (bicyclic) bond motifs is 4. The maximum atomic E-state index is 12.6. The number of hydrogen-bond acceptors (Lipinski definition) is 3. The van der Waals surface area contributed by atoms with E-state index in [1.807, 2.05) is 49.5 Å². The van der Waals surface area contributed by atoms with Crippen molar-refractivity contribution in [1.29, 1.82) is 0 Å². The van der Waals surface area contributed by atoms with Crippen LogP contribution in [0.3, 0.4) is 0 Å². The van der Waals surface area contributed by atoms with Crippen molar-refractivity contribution < 1.29 is 4.79 Å². The molecule has 1 amide bonds. The maximum absolute atomic E-state index is 12.6. The van der Waals surface area contributed by atoms with E-state index in [2.05, 4.69) is 16.3 Å². The molecule has 4 heteroatoms. The first kappa shape index (κ1) is 11.5. The van der Waals surface area contributed by atoms with Crippen molar-refractivity contribution in [1.82, 2.24) is 0 Å². The third-order valence-electron chi connectivity index (χ3n) is 3.62. The van der Waals surface area contributed by atoms with Crippen LogP contribution in [0, 0.1) is 0 Å². The number of carbonyl (C=O) groups is 1. The lowest BCUT2D eigenvalue weighted by molar-refractivity contribution is 0.102. The SMILES string of the molecule is CN1c2ccccc2NC(=O)c2c1sc1ccccc21. The Morgan fingerprint density at radius 1 is 1.05 bits per heavy atom. The van der Waals surface area contributed by atoms with E-state index in [4.69, 9.17) is 0 Å². The molecule has 3 aromatic rings. The Hall–Kier alpha value is -2.33. The molecule has 0 aliphatic carbocycles. The molecular formula is C16H12N2OS. The molecule has 0 saturated heterocycles. The van der Waals surface area contributed by atoms with Crippen molar-refractivity contribution in [3.8, 4) is 0 Å². The lowest BCUT2D eigenvalue weighted by Gasteiger charge is -2.18. The average molecular weight is 280 g/mol. The number of nitrogens with zero attached hydrogens (tertiary/aromatic N) is 1. The average Bonchev–Trinajstić information content (AvgIpc) is 2.82. The van der Waals surface area contributed by atoms with E-state index >= 15 is 0 Å². The van der Waals surface area contributed by atoms with E-state index in [-0.39, 0.29) is 5.91 Å². The summed E-state index contributed by atoms with van der Waals surface area (Å²) in [5, 5.41) is 5.03. The molecule has 0 saturated carbocycles. The first-order chi connectivity index (χ1) is 9.75. The van der Waals surface area contributed by atoms with Gasteiger partial charge in [-0.25, -0.2) is 0 Å². The summed E-state index contributed by atoms with van der Waals surface area (Å²) in [7, 11) is 2.01. The quantitative estimate of drug-likeness (QED) is 0.668. The molecule has 1 aliphatic heterocycles. The van der Waals surface area contributed by atoms with Crippen LogP contribution < -0.4 is 10.2 Å². The number of anilines is 3. The van der Waals surface area contributed by atoms with Crippen LogP contribution in [0.15, 0.2) is 48.5 Å². The van der Waals surface area contributed by atoms with Crippen LogP contribution in [0.5, 0.6) is 0 Å². The highest BCUT2D eigenvalue weighted by atomic mass is 32.1. The molecule has 1 N–H and O–H groups in total. The van der Waals surface area contributed by atoms with E-state index in [0.717, 1.165) is 32.0 Å². The van der Waals surface area contributed by atoms with Gasteiger partial charge in [-0.2, -0.15) is 0 Å².